The fraction of sp³-hybridized carbons (Fsp3) is 0.579. The van der Waals surface area contributed by atoms with Gasteiger partial charge in [-0.15, -0.1) is 0 Å². The van der Waals surface area contributed by atoms with Gasteiger partial charge >= 0.3 is 0 Å². The zero-order chi connectivity index (χ0) is 18.1. The van der Waals surface area contributed by atoms with Crippen LogP contribution in [0, 0.1) is 11.8 Å². The number of aliphatic hydroxyl groups excluding tert-OH is 1. The topological polar surface area (TPSA) is 78.6 Å². The molecule has 1 amide bonds. The molecule has 0 radical (unpaired) electrons. The zero-order valence-corrected chi connectivity index (χ0v) is 15.4. The van der Waals surface area contributed by atoms with E-state index >= 15 is 0 Å². The van der Waals surface area contributed by atoms with Crippen molar-refractivity contribution in [3.63, 3.8) is 0 Å². The largest absolute Gasteiger partial charge is 0.423 e. The average molecular weight is 378 g/mol. The van der Waals surface area contributed by atoms with Crippen LogP contribution < -0.4 is 10.2 Å². The van der Waals surface area contributed by atoms with Crippen LogP contribution in [-0.4, -0.2) is 41.7 Å². The number of fused-ring (bicyclic) bond motifs is 1. The average Bonchev–Trinajstić information content (AvgIpc) is 3.27. The number of nitrogens with zero attached hydrogens (tertiary/aromatic N) is 2. The number of carbonyl (C=O) groups is 1. The molecule has 140 valence electrons. The van der Waals surface area contributed by atoms with E-state index in [-0.39, 0.29) is 30.4 Å². The molecule has 2 atom stereocenters. The first-order chi connectivity index (χ1) is 12.6. The molecule has 26 heavy (non-hydrogen) atoms. The highest BCUT2D eigenvalue weighted by Crippen LogP contribution is 2.29. The normalized spacial score (nSPS) is 24.3. The van der Waals surface area contributed by atoms with E-state index in [1.54, 1.807) is 12.1 Å². The summed E-state index contributed by atoms with van der Waals surface area (Å²) in [5.41, 5.74) is 1.48. The van der Waals surface area contributed by atoms with Crippen molar-refractivity contribution in [2.45, 2.75) is 38.1 Å². The highest BCUT2D eigenvalue weighted by atomic mass is 35.5. The number of anilines is 1. The predicted molar refractivity (Wildman–Crippen MR) is 100 cm³/mol. The van der Waals surface area contributed by atoms with E-state index in [1.807, 2.05) is 6.07 Å². The molecule has 0 spiro atoms. The predicted octanol–water partition coefficient (Wildman–Crippen LogP) is 2.97. The van der Waals surface area contributed by atoms with Crippen LogP contribution >= 0.6 is 11.6 Å². The quantitative estimate of drug-likeness (QED) is 0.856. The Bertz CT molecular complexity index is 785. The van der Waals surface area contributed by atoms with E-state index < -0.39 is 0 Å². The number of amides is 1. The lowest BCUT2D eigenvalue weighted by molar-refractivity contribution is -0.126. The summed E-state index contributed by atoms with van der Waals surface area (Å²) in [5, 5.41) is 13.2. The van der Waals surface area contributed by atoms with E-state index in [4.69, 9.17) is 16.0 Å². The zero-order valence-electron chi connectivity index (χ0n) is 14.7. The van der Waals surface area contributed by atoms with Crippen LogP contribution in [0.3, 0.4) is 0 Å². The molecular weight excluding hydrogens is 354 g/mol. The summed E-state index contributed by atoms with van der Waals surface area (Å²) in [5.74, 6) is 0.356. The molecule has 0 unspecified atom stereocenters. The molecule has 1 aliphatic heterocycles. The SMILES string of the molecule is O=C(N[C@H]1CCC[C@@H]1CO)C1CCN(c2nc3cc(Cl)ccc3o2)CC1. The van der Waals surface area contributed by atoms with Gasteiger partial charge in [0.1, 0.15) is 5.52 Å². The molecule has 1 aromatic heterocycles. The van der Waals surface area contributed by atoms with Crippen molar-refractivity contribution in [2.24, 2.45) is 11.8 Å². The maximum Gasteiger partial charge on any atom is 0.298 e. The van der Waals surface area contributed by atoms with Crippen LogP contribution in [0.4, 0.5) is 6.01 Å². The van der Waals surface area contributed by atoms with Gasteiger partial charge in [0, 0.05) is 42.6 Å². The molecule has 2 aliphatic rings. The van der Waals surface area contributed by atoms with Gasteiger partial charge in [0.25, 0.3) is 6.01 Å². The molecule has 1 saturated heterocycles. The third-order valence-electron chi connectivity index (χ3n) is 5.70. The van der Waals surface area contributed by atoms with Crippen LogP contribution in [0.25, 0.3) is 11.1 Å². The first-order valence-corrected chi connectivity index (χ1v) is 9.74. The van der Waals surface area contributed by atoms with E-state index in [0.29, 0.717) is 11.0 Å². The number of aromatic nitrogens is 1. The Morgan fingerprint density at radius 1 is 1.31 bits per heavy atom. The molecule has 1 saturated carbocycles. The maximum atomic E-state index is 12.6. The summed E-state index contributed by atoms with van der Waals surface area (Å²) in [7, 11) is 0. The molecule has 2 aromatic rings. The van der Waals surface area contributed by atoms with Crippen molar-refractivity contribution in [1.29, 1.82) is 0 Å². The van der Waals surface area contributed by atoms with Gasteiger partial charge in [0.05, 0.1) is 0 Å². The molecule has 2 N–H and O–H groups in total. The van der Waals surface area contributed by atoms with Crippen LogP contribution in [0.15, 0.2) is 22.6 Å². The van der Waals surface area contributed by atoms with Gasteiger partial charge < -0.3 is 19.7 Å². The van der Waals surface area contributed by atoms with Crippen LogP contribution in [0.5, 0.6) is 0 Å². The minimum absolute atomic E-state index is 0.0185. The lowest BCUT2D eigenvalue weighted by Gasteiger charge is -2.31. The Kier molecular flexibility index (Phi) is 5.05. The third-order valence-corrected chi connectivity index (χ3v) is 5.93. The second-order valence-electron chi connectivity index (χ2n) is 7.36. The number of oxazole rings is 1. The van der Waals surface area contributed by atoms with Gasteiger partial charge in [-0.25, -0.2) is 0 Å². The molecule has 0 bridgehead atoms. The van der Waals surface area contributed by atoms with Gasteiger partial charge in [-0.3, -0.25) is 4.79 Å². The second kappa shape index (κ2) is 7.45. The highest BCUT2D eigenvalue weighted by Gasteiger charge is 2.32. The lowest BCUT2D eigenvalue weighted by atomic mass is 9.95. The summed E-state index contributed by atoms with van der Waals surface area (Å²) >= 11 is 6.00. The van der Waals surface area contributed by atoms with Crippen molar-refractivity contribution < 1.29 is 14.3 Å². The summed E-state index contributed by atoms with van der Waals surface area (Å²) < 4.78 is 5.82. The van der Waals surface area contributed by atoms with Crippen LogP contribution in [0.2, 0.25) is 5.02 Å². The molecule has 4 rings (SSSR count). The van der Waals surface area contributed by atoms with Gasteiger partial charge in [0.2, 0.25) is 5.91 Å². The Morgan fingerprint density at radius 3 is 2.88 bits per heavy atom. The van der Waals surface area contributed by atoms with Crippen molar-refractivity contribution in [1.82, 2.24) is 10.3 Å². The van der Waals surface area contributed by atoms with Gasteiger partial charge in [0.15, 0.2) is 5.58 Å². The maximum absolute atomic E-state index is 12.6. The van der Waals surface area contributed by atoms with Crippen LogP contribution in [0.1, 0.15) is 32.1 Å². The van der Waals surface area contributed by atoms with E-state index in [2.05, 4.69) is 15.2 Å². The molecule has 7 heteroatoms. The monoisotopic (exact) mass is 377 g/mol. The fourth-order valence-corrected chi connectivity index (χ4v) is 4.27. The number of piperidine rings is 1. The van der Waals surface area contributed by atoms with Gasteiger partial charge in [-0.2, -0.15) is 4.98 Å². The first-order valence-electron chi connectivity index (χ1n) is 9.36. The first kappa shape index (κ1) is 17.6. The molecule has 6 nitrogen and oxygen atoms in total. The Balaban J connectivity index is 1.35. The Morgan fingerprint density at radius 2 is 2.12 bits per heavy atom. The minimum Gasteiger partial charge on any atom is -0.423 e. The number of hydrogen-bond acceptors (Lipinski definition) is 5. The number of hydrogen-bond donors (Lipinski definition) is 2. The van der Waals surface area contributed by atoms with E-state index in [0.717, 1.165) is 56.3 Å². The summed E-state index contributed by atoms with van der Waals surface area (Å²) in [6.07, 6.45) is 4.61. The second-order valence-corrected chi connectivity index (χ2v) is 7.79. The van der Waals surface area contributed by atoms with Gasteiger partial charge in [-0.1, -0.05) is 18.0 Å². The summed E-state index contributed by atoms with van der Waals surface area (Å²) in [6, 6.07) is 6.14. The highest BCUT2D eigenvalue weighted by molar-refractivity contribution is 6.31. The number of nitrogens with one attached hydrogen (secondary N) is 1. The number of halogens is 1. The van der Waals surface area contributed by atoms with Crippen molar-refractivity contribution in [2.75, 3.05) is 24.6 Å². The van der Waals surface area contributed by atoms with E-state index in [9.17, 15) is 9.90 Å². The molecular formula is C19H24ClN3O3. The summed E-state index contributed by atoms with van der Waals surface area (Å²) in [6.45, 7) is 1.64. The van der Waals surface area contributed by atoms with E-state index in [1.165, 1.54) is 0 Å². The minimum atomic E-state index is 0.0185. The molecule has 1 aliphatic carbocycles. The standard InChI is InChI=1S/C19H24ClN3O3/c20-14-4-5-17-16(10-14)22-19(26-17)23-8-6-12(7-9-23)18(25)21-15-3-1-2-13(15)11-24/h4-5,10,12-13,15,24H,1-3,6-9,11H2,(H,21,25)/t13-,15+/m1/s1. The molecule has 2 heterocycles. The molecule has 2 fully saturated rings. The third kappa shape index (κ3) is 3.53. The van der Waals surface area contributed by atoms with Gasteiger partial charge in [-0.05, 0) is 43.9 Å². The van der Waals surface area contributed by atoms with Crippen molar-refractivity contribution in [3.05, 3.63) is 23.2 Å². The summed E-state index contributed by atoms with van der Waals surface area (Å²) in [4.78, 5) is 19.2. The van der Waals surface area contributed by atoms with Crippen LogP contribution in [-0.2, 0) is 4.79 Å². The van der Waals surface area contributed by atoms with Crippen molar-refractivity contribution >= 4 is 34.6 Å². The Hall–Kier alpha value is -1.79. The number of carbonyl (C=O) groups excluding carboxylic acids is 1. The number of rotatable bonds is 4. The smallest absolute Gasteiger partial charge is 0.298 e. The fourth-order valence-electron chi connectivity index (χ4n) is 4.10. The lowest BCUT2D eigenvalue weighted by Crippen LogP contribution is -2.45. The number of benzene rings is 1. The Labute approximate surface area is 157 Å². The number of aliphatic hydroxyl groups is 1. The van der Waals surface area contributed by atoms with Crippen molar-refractivity contribution in [3.8, 4) is 0 Å². The molecule has 1 aromatic carbocycles.